The van der Waals surface area contributed by atoms with Gasteiger partial charge in [0, 0.05) is 14.1 Å². The number of hydrogen-bond donors (Lipinski definition) is 2. The fourth-order valence-electron chi connectivity index (χ4n) is 3.02. The zero-order chi connectivity index (χ0) is 20.7. The molecule has 0 aliphatic carbocycles. The summed E-state index contributed by atoms with van der Waals surface area (Å²) in [6.07, 6.45) is 0. The summed E-state index contributed by atoms with van der Waals surface area (Å²) in [7, 11) is 3.12. The van der Waals surface area contributed by atoms with E-state index in [9.17, 15) is 19.6 Å². The summed E-state index contributed by atoms with van der Waals surface area (Å²) in [5, 5.41) is 14.7. The van der Waals surface area contributed by atoms with Crippen LogP contribution in [-0.2, 0) is 0 Å². The highest BCUT2D eigenvalue weighted by Crippen LogP contribution is 2.41. The summed E-state index contributed by atoms with van der Waals surface area (Å²) >= 11 is 0. The van der Waals surface area contributed by atoms with Gasteiger partial charge in [-0.15, -0.1) is 0 Å². The number of H-pyrrole nitrogens is 1. The SMILES string of the molecule is CN(C)C(=O)c1cc(C#N)cc2c1Oc1c(c(=O)n(-c3ccccc3)[nH]c1=O)N2. The molecular weight excluding hydrogens is 374 g/mol. The summed E-state index contributed by atoms with van der Waals surface area (Å²) in [5.41, 5.74) is -0.226. The molecule has 1 amide bonds. The standard InChI is InChI=1S/C20H15N5O4/c1-24(2)19(27)13-8-11(10-21)9-14-16(13)29-17-15(22-14)20(28)25(23-18(17)26)12-6-4-3-5-7-12/h3-9,22H,1-2H3,(H,23,26). The number of amides is 1. The van der Waals surface area contributed by atoms with Crippen molar-refractivity contribution in [2.75, 3.05) is 19.4 Å². The first-order valence-corrected chi connectivity index (χ1v) is 8.60. The van der Waals surface area contributed by atoms with Gasteiger partial charge in [-0.3, -0.25) is 19.5 Å². The van der Waals surface area contributed by atoms with Crippen LogP contribution in [0.1, 0.15) is 15.9 Å². The van der Waals surface area contributed by atoms with Crippen LogP contribution in [0.4, 0.5) is 11.4 Å². The van der Waals surface area contributed by atoms with Crippen molar-refractivity contribution in [3.8, 4) is 23.3 Å². The van der Waals surface area contributed by atoms with Gasteiger partial charge in [0.2, 0.25) is 5.75 Å². The van der Waals surface area contributed by atoms with Gasteiger partial charge in [0.15, 0.2) is 11.4 Å². The molecule has 4 rings (SSSR count). The normalized spacial score (nSPS) is 11.3. The molecule has 1 aliphatic rings. The Bertz CT molecular complexity index is 1300. The van der Waals surface area contributed by atoms with E-state index in [1.807, 2.05) is 6.07 Å². The third kappa shape index (κ3) is 2.93. The molecule has 0 spiro atoms. The van der Waals surface area contributed by atoms with Crippen molar-refractivity contribution in [2.24, 2.45) is 0 Å². The van der Waals surface area contributed by atoms with Crippen molar-refractivity contribution in [3.63, 3.8) is 0 Å². The average molecular weight is 389 g/mol. The second kappa shape index (κ2) is 6.69. The van der Waals surface area contributed by atoms with E-state index in [0.717, 1.165) is 4.68 Å². The quantitative estimate of drug-likeness (QED) is 0.541. The number of hydrogen-bond acceptors (Lipinski definition) is 6. The van der Waals surface area contributed by atoms with E-state index in [2.05, 4.69) is 10.4 Å². The predicted octanol–water partition coefficient (Wildman–Crippen LogP) is 1.95. The average Bonchev–Trinajstić information content (AvgIpc) is 2.74. The van der Waals surface area contributed by atoms with E-state index < -0.39 is 17.0 Å². The van der Waals surface area contributed by atoms with E-state index >= 15 is 0 Å². The molecule has 144 valence electrons. The first-order valence-electron chi connectivity index (χ1n) is 8.60. The summed E-state index contributed by atoms with van der Waals surface area (Å²) in [6.45, 7) is 0. The molecule has 0 radical (unpaired) electrons. The Morgan fingerprint density at radius 3 is 2.52 bits per heavy atom. The number of rotatable bonds is 2. The van der Waals surface area contributed by atoms with E-state index in [4.69, 9.17) is 4.74 Å². The number of para-hydroxylation sites is 1. The minimum absolute atomic E-state index is 0.0801. The number of nitrogens with zero attached hydrogens (tertiary/aromatic N) is 3. The first kappa shape index (κ1) is 18.1. The molecule has 0 atom stereocenters. The summed E-state index contributed by atoms with van der Waals surface area (Å²) < 4.78 is 6.81. The molecule has 2 heterocycles. The molecular formula is C20H15N5O4. The van der Waals surface area contributed by atoms with Crippen LogP contribution < -0.4 is 21.2 Å². The molecule has 29 heavy (non-hydrogen) atoms. The van der Waals surface area contributed by atoms with Crippen molar-refractivity contribution in [2.45, 2.75) is 0 Å². The van der Waals surface area contributed by atoms with Crippen LogP contribution in [0.5, 0.6) is 11.5 Å². The lowest BCUT2D eigenvalue weighted by Gasteiger charge is -2.24. The van der Waals surface area contributed by atoms with Gasteiger partial charge in [-0.2, -0.15) is 5.26 Å². The highest BCUT2D eigenvalue weighted by Gasteiger charge is 2.29. The lowest BCUT2D eigenvalue weighted by Crippen LogP contribution is -2.33. The number of aromatic amines is 1. The number of ether oxygens (including phenoxy) is 1. The molecule has 9 heteroatoms. The molecule has 0 saturated carbocycles. The van der Waals surface area contributed by atoms with Gasteiger partial charge in [0.25, 0.3) is 11.5 Å². The Kier molecular flexibility index (Phi) is 4.16. The van der Waals surface area contributed by atoms with Gasteiger partial charge in [-0.25, -0.2) is 4.68 Å². The van der Waals surface area contributed by atoms with Crippen LogP contribution in [0.3, 0.4) is 0 Å². The van der Waals surface area contributed by atoms with E-state index in [0.29, 0.717) is 5.69 Å². The highest BCUT2D eigenvalue weighted by atomic mass is 16.5. The number of aromatic nitrogens is 2. The molecule has 2 N–H and O–H groups in total. The summed E-state index contributed by atoms with van der Waals surface area (Å²) in [4.78, 5) is 39.5. The molecule has 9 nitrogen and oxygen atoms in total. The van der Waals surface area contributed by atoms with Gasteiger partial charge in [0.1, 0.15) is 0 Å². The third-order valence-electron chi connectivity index (χ3n) is 4.40. The highest BCUT2D eigenvalue weighted by molar-refractivity contribution is 6.00. The number of nitrogens with one attached hydrogen (secondary N) is 2. The molecule has 0 unspecified atom stereocenters. The molecule has 0 fully saturated rings. The van der Waals surface area contributed by atoms with Crippen LogP contribution in [0, 0.1) is 11.3 Å². The fourth-order valence-corrected chi connectivity index (χ4v) is 3.02. The molecule has 3 aromatic rings. The lowest BCUT2D eigenvalue weighted by atomic mass is 10.1. The molecule has 1 aromatic heterocycles. The predicted molar refractivity (Wildman–Crippen MR) is 105 cm³/mol. The smallest absolute Gasteiger partial charge is 0.308 e. The van der Waals surface area contributed by atoms with Crippen molar-refractivity contribution >= 4 is 17.3 Å². The Morgan fingerprint density at radius 2 is 1.86 bits per heavy atom. The zero-order valence-electron chi connectivity index (χ0n) is 15.5. The minimum Gasteiger partial charge on any atom is -0.446 e. The number of fused-ring (bicyclic) bond motifs is 2. The lowest BCUT2D eigenvalue weighted by molar-refractivity contribution is 0.0825. The number of nitriles is 1. The minimum atomic E-state index is -0.644. The van der Waals surface area contributed by atoms with Gasteiger partial charge in [-0.05, 0) is 24.3 Å². The van der Waals surface area contributed by atoms with Gasteiger partial charge < -0.3 is 15.0 Å². The van der Waals surface area contributed by atoms with E-state index in [-0.39, 0.29) is 34.0 Å². The number of carbonyl (C=O) groups is 1. The molecule has 2 aromatic carbocycles. The zero-order valence-corrected chi connectivity index (χ0v) is 15.5. The van der Waals surface area contributed by atoms with Gasteiger partial charge in [-0.1, -0.05) is 18.2 Å². The molecule has 0 saturated heterocycles. The monoisotopic (exact) mass is 389 g/mol. The second-order valence-electron chi connectivity index (χ2n) is 6.56. The molecule has 1 aliphatic heterocycles. The van der Waals surface area contributed by atoms with E-state index in [1.165, 1.54) is 17.0 Å². The van der Waals surface area contributed by atoms with Crippen LogP contribution in [0.25, 0.3) is 5.69 Å². The van der Waals surface area contributed by atoms with Crippen LogP contribution in [0.2, 0.25) is 0 Å². The maximum Gasteiger partial charge on any atom is 0.308 e. The van der Waals surface area contributed by atoms with Crippen LogP contribution in [-0.4, -0.2) is 34.7 Å². The number of benzene rings is 2. The van der Waals surface area contributed by atoms with Gasteiger partial charge >= 0.3 is 5.56 Å². The largest absolute Gasteiger partial charge is 0.446 e. The fraction of sp³-hybridized carbons (Fsp3) is 0.100. The maximum atomic E-state index is 13.0. The van der Waals surface area contributed by atoms with E-state index in [1.54, 1.807) is 44.4 Å². The maximum absolute atomic E-state index is 13.0. The van der Waals surface area contributed by atoms with Crippen molar-refractivity contribution < 1.29 is 9.53 Å². The summed E-state index contributed by atoms with van der Waals surface area (Å²) in [5.74, 6) is -0.567. The van der Waals surface area contributed by atoms with Crippen LogP contribution >= 0.6 is 0 Å². The van der Waals surface area contributed by atoms with Crippen molar-refractivity contribution in [1.29, 1.82) is 5.26 Å². The number of carbonyl (C=O) groups excluding carboxylic acids is 1. The summed E-state index contributed by atoms with van der Waals surface area (Å²) in [6, 6.07) is 13.4. The third-order valence-corrected chi connectivity index (χ3v) is 4.40. The first-order chi connectivity index (χ1) is 13.9. The molecule has 0 bridgehead atoms. The topological polar surface area (TPSA) is 120 Å². The van der Waals surface area contributed by atoms with Crippen molar-refractivity contribution in [1.82, 2.24) is 14.7 Å². The Morgan fingerprint density at radius 1 is 1.14 bits per heavy atom. The Hall–Kier alpha value is -4.32. The van der Waals surface area contributed by atoms with Crippen LogP contribution in [0.15, 0.2) is 52.1 Å². The van der Waals surface area contributed by atoms with Gasteiger partial charge in [0.05, 0.1) is 28.6 Å². The Labute approximate surface area is 164 Å². The second-order valence-corrected chi connectivity index (χ2v) is 6.56. The number of anilines is 2. The Balaban J connectivity index is 1.92. The van der Waals surface area contributed by atoms with Crippen molar-refractivity contribution in [3.05, 3.63) is 74.3 Å².